The molecule has 0 saturated carbocycles. The monoisotopic (exact) mass is 421 g/mol. The van der Waals surface area contributed by atoms with E-state index in [0.717, 1.165) is 5.56 Å². The van der Waals surface area contributed by atoms with Gasteiger partial charge in [0.25, 0.3) is 5.91 Å². The summed E-state index contributed by atoms with van der Waals surface area (Å²) < 4.78 is 14.7. The zero-order valence-corrected chi connectivity index (χ0v) is 17.9. The van der Waals surface area contributed by atoms with Crippen molar-refractivity contribution >= 4 is 17.6 Å². The molecule has 1 N–H and O–H groups in total. The Kier molecular flexibility index (Phi) is 6.59. The van der Waals surface area contributed by atoms with Gasteiger partial charge in [0, 0.05) is 50.4 Å². The lowest BCUT2D eigenvalue weighted by atomic mass is 9.99. The van der Waals surface area contributed by atoms with E-state index in [1.54, 1.807) is 77.0 Å². The normalized spacial score (nSPS) is 10.5. The highest BCUT2D eigenvalue weighted by atomic mass is 19.1. The first-order chi connectivity index (χ1) is 14.8. The van der Waals surface area contributed by atoms with Gasteiger partial charge < -0.3 is 10.2 Å². The van der Waals surface area contributed by atoms with E-state index in [-0.39, 0.29) is 18.5 Å². The zero-order valence-electron chi connectivity index (χ0n) is 17.9. The summed E-state index contributed by atoms with van der Waals surface area (Å²) in [5.41, 5.74) is 3.02. The molecule has 0 fully saturated rings. The van der Waals surface area contributed by atoms with Crippen LogP contribution in [0.25, 0.3) is 11.1 Å². The third-order valence-electron chi connectivity index (χ3n) is 4.72. The quantitative estimate of drug-likeness (QED) is 0.682. The van der Waals surface area contributed by atoms with Crippen LogP contribution in [0.5, 0.6) is 0 Å². The summed E-state index contributed by atoms with van der Waals surface area (Å²) in [4.78, 5) is 36.3. The van der Waals surface area contributed by atoms with Crippen molar-refractivity contribution in [3.05, 3.63) is 77.6 Å². The summed E-state index contributed by atoms with van der Waals surface area (Å²) in [6.45, 7) is 2.00. The van der Waals surface area contributed by atoms with E-state index in [9.17, 15) is 14.0 Å². The summed E-state index contributed by atoms with van der Waals surface area (Å²) in [6.07, 6.45) is 4.66. The second kappa shape index (κ2) is 9.34. The number of nitrogens with zero attached hydrogens (tertiary/aromatic N) is 4. The van der Waals surface area contributed by atoms with Gasteiger partial charge >= 0.3 is 6.03 Å². The van der Waals surface area contributed by atoms with Crippen molar-refractivity contribution in [2.75, 3.05) is 26.0 Å². The van der Waals surface area contributed by atoms with E-state index in [0.29, 0.717) is 28.1 Å². The SMILES string of the molecule is Cc1ccc(-c2cc(C(=O)NCc3cnccn3)cc(N(C)C(=O)N(C)C)c2)c(F)c1. The number of hydrogen-bond donors (Lipinski definition) is 1. The van der Waals surface area contributed by atoms with Crippen LogP contribution in [0, 0.1) is 12.7 Å². The number of rotatable bonds is 5. The Bertz CT molecular complexity index is 1100. The van der Waals surface area contributed by atoms with E-state index < -0.39 is 5.82 Å². The van der Waals surface area contributed by atoms with Crippen molar-refractivity contribution in [3.63, 3.8) is 0 Å². The highest BCUT2D eigenvalue weighted by molar-refractivity contribution is 5.99. The predicted molar refractivity (Wildman–Crippen MR) is 117 cm³/mol. The molecule has 0 bridgehead atoms. The largest absolute Gasteiger partial charge is 0.346 e. The van der Waals surface area contributed by atoms with Crippen LogP contribution in [0.15, 0.2) is 55.0 Å². The highest BCUT2D eigenvalue weighted by Gasteiger charge is 2.18. The number of anilines is 1. The molecule has 0 aliphatic carbocycles. The lowest BCUT2D eigenvalue weighted by Crippen LogP contribution is -2.36. The zero-order chi connectivity index (χ0) is 22.5. The minimum absolute atomic E-state index is 0.192. The van der Waals surface area contributed by atoms with Gasteiger partial charge in [-0.1, -0.05) is 12.1 Å². The average molecular weight is 421 g/mol. The molecule has 0 aliphatic rings. The maximum atomic E-state index is 14.7. The third-order valence-corrected chi connectivity index (χ3v) is 4.72. The molecule has 160 valence electrons. The van der Waals surface area contributed by atoms with Gasteiger partial charge in [-0.05, 0) is 42.3 Å². The number of amides is 3. The van der Waals surface area contributed by atoms with E-state index in [1.807, 2.05) is 0 Å². The number of aryl methyl sites for hydroxylation is 1. The van der Waals surface area contributed by atoms with Crippen molar-refractivity contribution in [1.29, 1.82) is 0 Å². The first kappa shape index (κ1) is 21.9. The Hall–Kier alpha value is -3.81. The number of aromatic nitrogens is 2. The van der Waals surface area contributed by atoms with Crippen molar-refractivity contribution in [1.82, 2.24) is 20.2 Å². The minimum atomic E-state index is -0.398. The molecule has 0 aliphatic heterocycles. The Labute approximate surface area is 180 Å². The predicted octanol–water partition coefficient (Wildman–Crippen LogP) is 3.64. The number of hydrogen-bond acceptors (Lipinski definition) is 4. The number of carbonyl (C=O) groups excluding carboxylic acids is 2. The molecular weight excluding hydrogens is 397 g/mol. The van der Waals surface area contributed by atoms with Gasteiger partial charge in [0.15, 0.2) is 0 Å². The fraction of sp³-hybridized carbons (Fsp3) is 0.217. The number of urea groups is 1. The standard InChI is InChI=1S/C23H24FN5O2/c1-15-5-6-20(21(24)9-15)16-10-17(12-19(11-16)29(4)23(31)28(2)3)22(30)27-14-18-13-25-7-8-26-18/h5-13H,14H2,1-4H3,(H,27,30). The van der Waals surface area contributed by atoms with Gasteiger partial charge in [-0.2, -0.15) is 0 Å². The van der Waals surface area contributed by atoms with Crippen LogP contribution in [-0.4, -0.2) is 47.9 Å². The van der Waals surface area contributed by atoms with Gasteiger partial charge in [-0.3, -0.25) is 19.7 Å². The number of carbonyl (C=O) groups is 2. The summed E-state index contributed by atoms with van der Waals surface area (Å²) in [5.74, 6) is -0.767. The molecule has 0 spiro atoms. The van der Waals surface area contributed by atoms with E-state index in [1.165, 1.54) is 15.9 Å². The summed E-state index contributed by atoms with van der Waals surface area (Å²) in [6, 6.07) is 9.53. The maximum absolute atomic E-state index is 14.7. The van der Waals surface area contributed by atoms with Gasteiger partial charge in [-0.25, -0.2) is 9.18 Å². The highest BCUT2D eigenvalue weighted by Crippen LogP contribution is 2.29. The third kappa shape index (κ3) is 5.22. The second-order valence-electron chi connectivity index (χ2n) is 7.37. The molecule has 3 rings (SSSR count). The molecule has 0 unspecified atom stereocenters. The molecule has 1 heterocycles. The minimum Gasteiger partial charge on any atom is -0.346 e. The molecular formula is C23H24FN5O2. The Morgan fingerprint density at radius 2 is 1.84 bits per heavy atom. The van der Waals surface area contributed by atoms with Crippen LogP contribution < -0.4 is 10.2 Å². The molecule has 0 atom stereocenters. The molecule has 3 aromatic rings. The van der Waals surface area contributed by atoms with Gasteiger partial charge in [0.05, 0.1) is 18.4 Å². The smallest absolute Gasteiger partial charge is 0.323 e. The van der Waals surface area contributed by atoms with Crippen LogP contribution in [0.2, 0.25) is 0 Å². The molecule has 31 heavy (non-hydrogen) atoms. The number of nitrogens with one attached hydrogen (secondary N) is 1. The molecule has 0 saturated heterocycles. The van der Waals surface area contributed by atoms with Crippen molar-refractivity contribution in [2.45, 2.75) is 13.5 Å². The molecule has 7 nitrogen and oxygen atoms in total. The maximum Gasteiger partial charge on any atom is 0.323 e. The van der Waals surface area contributed by atoms with Crippen LogP contribution in [-0.2, 0) is 6.54 Å². The van der Waals surface area contributed by atoms with Crippen LogP contribution in [0.3, 0.4) is 0 Å². The lowest BCUT2D eigenvalue weighted by Gasteiger charge is -2.23. The lowest BCUT2D eigenvalue weighted by molar-refractivity contribution is 0.0950. The van der Waals surface area contributed by atoms with Crippen LogP contribution in [0.1, 0.15) is 21.6 Å². The molecule has 3 amide bonds. The first-order valence-corrected chi connectivity index (χ1v) is 9.66. The van der Waals surface area contributed by atoms with E-state index in [2.05, 4.69) is 15.3 Å². The fourth-order valence-electron chi connectivity index (χ4n) is 3.05. The van der Waals surface area contributed by atoms with E-state index in [4.69, 9.17) is 0 Å². The fourth-order valence-corrected chi connectivity index (χ4v) is 3.05. The summed E-state index contributed by atoms with van der Waals surface area (Å²) in [7, 11) is 4.88. The van der Waals surface area contributed by atoms with Crippen molar-refractivity contribution in [3.8, 4) is 11.1 Å². The molecule has 0 radical (unpaired) electrons. The molecule has 2 aromatic carbocycles. The molecule has 8 heteroatoms. The summed E-state index contributed by atoms with van der Waals surface area (Å²) in [5, 5.41) is 2.79. The van der Waals surface area contributed by atoms with E-state index >= 15 is 0 Å². The molecule has 1 aromatic heterocycles. The number of halogens is 1. The van der Waals surface area contributed by atoms with Gasteiger partial charge in [0.2, 0.25) is 0 Å². The number of benzene rings is 2. The van der Waals surface area contributed by atoms with Crippen molar-refractivity contribution < 1.29 is 14.0 Å². The van der Waals surface area contributed by atoms with Crippen LogP contribution in [0.4, 0.5) is 14.9 Å². The topological polar surface area (TPSA) is 78.4 Å². The first-order valence-electron chi connectivity index (χ1n) is 9.66. The Morgan fingerprint density at radius 1 is 1.06 bits per heavy atom. The average Bonchev–Trinajstić information content (AvgIpc) is 2.76. The van der Waals surface area contributed by atoms with Gasteiger partial charge in [-0.15, -0.1) is 0 Å². The Morgan fingerprint density at radius 3 is 2.48 bits per heavy atom. The summed E-state index contributed by atoms with van der Waals surface area (Å²) >= 11 is 0. The van der Waals surface area contributed by atoms with Crippen molar-refractivity contribution in [2.24, 2.45) is 0 Å². The Balaban J connectivity index is 1.99. The van der Waals surface area contributed by atoms with Gasteiger partial charge in [0.1, 0.15) is 5.82 Å². The van der Waals surface area contributed by atoms with Crippen LogP contribution >= 0.6 is 0 Å². The second-order valence-corrected chi connectivity index (χ2v) is 7.37.